The van der Waals surface area contributed by atoms with Gasteiger partial charge in [-0.1, -0.05) is 18.2 Å². The minimum Gasteiger partial charge on any atom is -0.406 e. The van der Waals surface area contributed by atoms with E-state index in [-0.39, 0.29) is 5.75 Å². The number of anilines is 2. The van der Waals surface area contributed by atoms with E-state index in [2.05, 4.69) is 20.0 Å². The average Bonchev–Trinajstić information content (AvgIpc) is 2.62. The minimum absolute atomic E-state index is 0.287. The molecule has 0 aliphatic rings. The third-order valence-corrected chi connectivity index (χ3v) is 3.49. The van der Waals surface area contributed by atoms with Gasteiger partial charge < -0.3 is 15.8 Å². The van der Waals surface area contributed by atoms with Gasteiger partial charge in [-0.2, -0.15) is 0 Å². The Labute approximate surface area is 147 Å². The monoisotopic (exact) mass is 360 g/mol. The van der Waals surface area contributed by atoms with E-state index in [1.165, 1.54) is 30.6 Å². The van der Waals surface area contributed by atoms with Crippen LogP contribution in [-0.2, 0) is 6.54 Å². The van der Waals surface area contributed by atoms with E-state index in [1.54, 1.807) is 6.07 Å². The van der Waals surface area contributed by atoms with Crippen LogP contribution < -0.4 is 15.8 Å². The summed E-state index contributed by atoms with van der Waals surface area (Å²) in [6.07, 6.45) is -3.30. The number of hydrogen-bond acceptors (Lipinski definition) is 5. The van der Waals surface area contributed by atoms with Crippen LogP contribution in [0.25, 0.3) is 11.3 Å². The molecule has 3 N–H and O–H groups in total. The minimum atomic E-state index is -4.71. The highest BCUT2D eigenvalue weighted by atomic mass is 19.4. The van der Waals surface area contributed by atoms with Crippen LogP contribution in [0.3, 0.4) is 0 Å². The molecule has 0 fully saturated rings. The van der Waals surface area contributed by atoms with Crippen LogP contribution in [-0.4, -0.2) is 16.3 Å². The molecule has 0 aliphatic carbocycles. The first-order valence-corrected chi connectivity index (χ1v) is 7.67. The number of nitrogens with zero attached hydrogens (tertiary/aromatic N) is 2. The first kappa shape index (κ1) is 17.7. The number of halogens is 3. The largest absolute Gasteiger partial charge is 0.573 e. The number of rotatable bonds is 5. The zero-order valence-corrected chi connectivity index (χ0v) is 13.5. The van der Waals surface area contributed by atoms with E-state index >= 15 is 0 Å². The second-order valence-electron chi connectivity index (χ2n) is 5.39. The van der Waals surface area contributed by atoms with Crippen molar-refractivity contribution in [1.29, 1.82) is 0 Å². The molecule has 0 radical (unpaired) electrons. The summed E-state index contributed by atoms with van der Waals surface area (Å²) in [6, 6.07) is 14.8. The maximum atomic E-state index is 12.2. The second-order valence-corrected chi connectivity index (χ2v) is 5.39. The second kappa shape index (κ2) is 7.40. The fourth-order valence-corrected chi connectivity index (χ4v) is 2.33. The zero-order valence-electron chi connectivity index (χ0n) is 13.5. The van der Waals surface area contributed by atoms with E-state index in [4.69, 9.17) is 5.73 Å². The lowest BCUT2D eigenvalue weighted by molar-refractivity contribution is -0.274. The highest BCUT2D eigenvalue weighted by molar-refractivity contribution is 5.66. The van der Waals surface area contributed by atoms with Crippen molar-refractivity contribution in [3.63, 3.8) is 0 Å². The number of hydrogen-bond donors (Lipinski definition) is 2. The van der Waals surface area contributed by atoms with Crippen molar-refractivity contribution in [2.24, 2.45) is 5.73 Å². The normalized spacial score (nSPS) is 11.2. The Morgan fingerprint density at radius 3 is 2.46 bits per heavy atom. The number of alkyl halides is 3. The van der Waals surface area contributed by atoms with Gasteiger partial charge in [0, 0.05) is 23.9 Å². The molecule has 0 unspecified atom stereocenters. The summed E-state index contributed by atoms with van der Waals surface area (Å²) in [5, 5.41) is 3.02. The standard InChI is InChI=1S/C18H15F3N4O/c19-18(20,21)26-15-6-4-14(5-7-15)25-17-9-16(23-11-24-17)13-3-1-2-12(8-13)10-22/h1-9,11H,10,22H2,(H,23,24,25). The van der Waals surface area contributed by atoms with Gasteiger partial charge >= 0.3 is 6.36 Å². The molecule has 5 nitrogen and oxygen atoms in total. The Bertz CT molecular complexity index is 882. The third kappa shape index (κ3) is 4.70. The van der Waals surface area contributed by atoms with Crippen LogP contribution >= 0.6 is 0 Å². The van der Waals surface area contributed by atoms with Crippen molar-refractivity contribution in [3.05, 3.63) is 66.5 Å². The van der Waals surface area contributed by atoms with Gasteiger partial charge in [-0.3, -0.25) is 0 Å². The quantitative estimate of drug-likeness (QED) is 0.712. The smallest absolute Gasteiger partial charge is 0.406 e. The van der Waals surface area contributed by atoms with Crippen molar-refractivity contribution in [1.82, 2.24) is 9.97 Å². The maximum Gasteiger partial charge on any atom is 0.573 e. The Morgan fingerprint density at radius 2 is 1.77 bits per heavy atom. The Hall–Kier alpha value is -3.13. The lowest BCUT2D eigenvalue weighted by Gasteiger charge is -2.10. The van der Waals surface area contributed by atoms with E-state index in [9.17, 15) is 13.2 Å². The number of nitrogens with one attached hydrogen (secondary N) is 1. The summed E-state index contributed by atoms with van der Waals surface area (Å²) in [7, 11) is 0. The zero-order chi connectivity index (χ0) is 18.6. The van der Waals surface area contributed by atoms with Crippen LogP contribution in [0.5, 0.6) is 5.75 Å². The SMILES string of the molecule is NCc1cccc(-c2cc(Nc3ccc(OC(F)(F)F)cc3)ncn2)c1. The third-order valence-electron chi connectivity index (χ3n) is 3.49. The number of aromatic nitrogens is 2. The first-order chi connectivity index (χ1) is 12.4. The van der Waals surface area contributed by atoms with Crippen molar-refractivity contribution < 1.29 is 17.9 Å². The number of nitrogens with two attached hydrogens (primary N) is 1. The lowest BCUT2D eigenvalue weighted by atomic mass is 10.1. The molecule has 1 aromatic heterocycles. The van der Waals surface area contributed by atoms with E-state index in [0.717, 1.165) is 11.1 Å². The molecule has 0 saturated carbocycles. The van der Waals surface area contributed by atoms with Crippen LogP contribution in [0.4, 0.5) is 24.7 Å². The summed E-state index contributed by atoms with van der Waals surface area (Å²) in [4.78, 5) is 8.37. The topological polar surface area (TPSA) is 73.1 Å². The van der Waals surface area contributed by atoms with Gasteiger partial charge in [0.1, 0.15) is 17.9 Å². The Kier molecular flexibility index (Phi) is 5.04. The van der Waals surface area contributed by atoms with Crippen LogP contribution in [0.1, 0.15) is 5.56 Å². The predicted octanol–water partition coefficient (Wildman–Crippen LogP) is 4.24. The summed E-state index contributed by atoms with van der Waals surface area (Å²) in [5.41, 5.74) is 8.80. The van der Waals surface area contributed by atoms with Gasteiger partial charge in [0.15, 0.2) is 0 Å². The van der Waals surface area contributed by atoms with Gasteiger partial charge in [0.25, 0.3) is 0 Å². The molecule has 1 heterocycles. The molecule has 26 heavy (non-hydrogen) atoms. The van der Waals surface area contributed by atoms with Crippen LogP contribution in [0, 0.1) is 0 Å². The fourth-order valence-electron chi connectivity index (χ4n) is 2.33. The molecular formula is C18H15F3N4O. The van der Waals surface area contributed by atoms with Gasteiger partial charge in [0.05, 0.1) is 5.69 Å². The molecule has 0 atom stereocenters. The molecule has 3 aromatic rings. The molecule has 2 aromatic carbocycles. The van der Waals surface area contributed by atoms with E-state index in [0.29, 0.717) is 23.7 Å². The van der Waals surface area contributed by atoms with Crippen molar-refractivity contribution in [2.45, 2.75) is 12.9 Å². The van der Waals surface area contributed by atoms with Crippen molar-refractivity contribution in [3.8, 4) is 17.0 Å². The van der Waals surface area contributed by atoms with Crippen molar-refractivity contribution in [2.75, 3.05) is 5.32 Å². The highest BCUT2D eigenvalue weighted by Gasteiger charge is 2.30. The molecule has 134 valence electrons. The summed E-state index contributed by atoms with van der Waals surface area (Å²) in [5.74, 6) is 0.225. The molecule has 0 amide bonds. The lowest BCUT2D eigenvalue weighted by Crippen LogP contribution is -2.16. The van der Waals surface area contributed by atoms with E-state index < -0.39 is 6.36 Å². The predicted molar refractivity (Wildman–Crippen MR) is 91.8 cm³/mol. The summed E-state index contributed by atoms with van der Waals surface area (Å²) >= 11 is 0. The number of ether oxygens (including phenoxy) is 1. The van der Waals surface area contributed by atoms with Crippen molar-refractivity contribution >= 4 is 11.5 Å². The Morgan fingerprint density at radius 1 is 1.00 bits per heavy atom. The average molecular weight is 360 g/mol. The molecule has 0 aliphatic heterocycles. The number of benzene rings is 2. The molecule has 0 bridgehead atoms. The van der Waals surface area contributed by atoms with Gasteiger partial charge in [-0.05, 0) is 35.9 Å². The van der Waals surface area contributed by atoms with Crippen LogP contribution in [0.2, 0.25) is 0 Å². The fraction of sp³-hybridized carbons (Fsp3) is 0.111. The summed E-state index contributed by atoms with van der Waals surface area (Å²) < 4.78 is 40.4. The highest BCUT2D eigenvalue weighted by Crippen LogP contribution is 2.26. The van der Waals surface area contributed by atoms with Crippen LogP contribution in [0.15, 0.2) is 60.9 Å². The Balaban J connectivity index is 1.76. The molecule has 3 rings (SSSR count). The summed E-state index contributed by atoms with van der Waals surface area (Å²) in [6.45, 7) is 0.427. The van der Waals surface area contributed by atoms with E-state index in [1.807, 2.05) is 24.3 Å². The van der Waals surface area contributed by atoms with Gasteiger partial charge in [-0.15, -0.1) is 13.2 Å². The molecular weight excluding hydrogens is 345 g/mol. The maximum absolute atomic E-state index is 12.2. The van der Waals surface area contributed by atoms with Gasteiger partial charge in [0.2, 0.25) is 0 Å². The van der Waals surface area contributed by atoms with Gasteiger partial charge in [-0.25, -0.2) is 9.97 Å². The first-order valence-electron chi connectivity index (χ1n) is 7.67. The molecule has 8 heteroatoms. The molecule has 0 saturated heterocycles. The molecule has 0 spiro atoms.